The van der Waals surface area contributed by atoms with E-state index >= 15 is 0 Å². The number of rotatable bonds is 8. The quantitative estimate of drug-likeness (QED) is 0.565. The second kappa shape index (κ2) is 10.9. The molecule has 140 valence electrons. The Morgan fingerprint density at radius 1 is 1.12 bits per heavy atom. The highest BCUT2D eigenvalue weighted by Crippen LogP contribution is 2.09. The minimum absolute atomic E-state index is 0.822. The van der Waals surface area contributed by atoms with E-state index in [-0.39, 0.29) is 0 Å². The van der Waals surface area contributed by atoms with Gasteiger partial charge in [0.2, 0.25) is 5.95 Å². The molecule has 25 heavy (non-hydrogen) atoms. The lowest BCUT2D eigenvalue weighted by molar-refractivity contribution is 0.296. The minimum atomic E-state index is 0.822. The molecule has 1 saturated heterocycles. The number of nitrogens with one attached hydrogen (secondary N) is 1. The summed E-state index contributed by atoms with van der Waals surface area (Å²) in [7, 11) is 0. The van der Waals surface area contributed by atoms with Gasteiger partial charge in [-0.2, -0.15) is 0 Å². The SMILES string of the molecule is CCCN(CC)CCN=C(NCC)N1CCN(c2ncccn2)CC1. The van der Waals surface area contributed by atoms with Crippen LogP contribution in [-0.4, -0.2) is 84.6 Å². The van der Waals surface area contributed by atoms with Crippen LogP contribution < -0.4 is 10.2 Å². The van der Waals surface area contributed by atoms with Crippen LogP contribution in [0.25, 0.3) is 0 Å². The van der Waals surface area contributed by atoms with E-state index in [1.807, 2.05) is 6.07 Å². The first kappa shape index (κ1) is 19.4. The Labute approximate surface area is 152 Å². The third kappa shape index (κ3) is 6.16. The molecule has 0 saturated carbocycles. The number of aliphatic imine (C=N–C) groups is 1. The zero-order valence-corrected chi connectivity index (χ0v) is 16.0. The summed E-state index contributed by atoms with van der Waals surface area (Å²) in [6, 6.07) is 1.85. The van der Waals surface area contributed by atoms with Crippen molar-refractivity contribution in [2.75, 3.05) is 63.8 Å². The van der Waals surface area contributed by atoms with Crippen LogP contribution in [0.4, 0.5) is 5.95 Å². The van der Waals surface area contributed by atoms with Crippen molar-refractivity contribution in [3.8, 4) is 0 Å². The van der Waals surface area contributed by atoms with Crippen molar-refractivity contribution in [1.29, 1.82) is 0 Å². The van der Waals surface area contributed by atoms with Gasteiger partial charge in [0.05, 0.1) is 6.54 Å². The Morgan fingerprint density at radius 3 is 2.44 bits per heavy atom. The predicted molar refractivity (Wildman–Crippen MR) is 104 cm³/mol. The summed E-state index contributed by atoms with van der Waals surface area (Å²) in [6.07, 6.45) is 4.80. The number of nitrogens with zero attached hydrogens (tertiary/aromatic N) is 6. The molecule has 1 fully saturated rings. The number of piperazine rings is 1. The number of hydrogen-bond acceptors (Lipinski definition) is 5. The Kier molecular flexibility index (Phi) is 8.45. The Hall–Kier alpha value is -1.89. The van der Waals surface area contributed by atoms with Crippen molar-refractivity contribution < 1.29 is 0 Å². The molecule has 0 aliphatic carbocycles. The molecule has 7 nitrogen and oxygen atoms in total. The molecule has 0 unspecified atom stereocenters. The second-order valence-electron chi connectivity index (χ2n) is 6.19. The van der Waals surface area contributed by atoms with Gasteiger partial charge in [0.15, 0.2) is 5.96 Å². The molecule has 1 aliphatic rings. The highest BCUT2D eigenvalue weighted by molar-refractivity contribution is 5.80. The van der Waals surface area contributed by atoms with Crippen LogP contribution in [0.3, 0.4) is 0 Å². The number of guanidine groups is 1. The lowest BCUT2D eigenvalue weighted by Gasteiger charge is -2.36. The third-order valence-electron chi connectivity index (χ3n) is 4.41. The molecule has 0 amide bonds. The summed E-state index contributed by atoms with van der Waals surface area (Å²) in [4.78, 5) is 20.6. The fourth-order valence-corrected chi connectivity index (χ4v) is 3.04. The van der Waals surface area contributed by atoms with Crippen molar-refractivity contribution in [1.82, 2.24) is 25.1 Å². The number of anilines is 1. The van der Waals surface area contributed by atoms with Crippen LogP contribution in [0.15, 0.2) is 23.5 Å². The van der Waals surface area contributed by atoms with Crippen LogP contribution in [0.2, 0.25) is 0 Å². The van der Waals surface area contributed by atoms with Gasteiger partial charge in [0.25, 0.3) is 0 Å². The average Bonchev–Trinajstić information content (AvgIpc) is 2.67. The standard InChI is InChI=1S/C18H33N7/c1-4-11-23(6-3)12-10-22-17(19-5-2)24-13-15-25(16-14-24)18-20-8-7-9-21-18/h7-9H,4-6,10-16H2,1-3H3,(H,19,22). The fraction of sp³-hybridized carbons (Fsp3) is 0.722. The van der Waals surface area contributed by atoms with Gasteiger partial charge in [-0.05, 0) is 32.5 Å². The molecule has 2 heterocycles. The maximum absolute atomic E-state index is 4.84. The summed E-state index contributed by atoms with van der Waals surface area (Å²) in [5.74, 6) is 1.85. The maximum atomic E-state index is 4.84. The topological polar surface area (TPSA) is 59.9 Å². The van der Waals surface area contributed by atoms with E-state index in [0.29, 0.717) is 0 Å². The molecule has 7 heteroatoms. The fourth-order valence-electron chi connectivity index (χ4n) is 3.04. The molecule has 1 aliphatic heterocycles. The van der Waals surface area contributed by atoms with Gasteiger partial charge >= 0.3 is 0 Å². The molecule has 2 rings (SSSR count). The first-order valence-corrected chi connectivity index (χ1v) is 9.56. The molecule has 1 aromatic rings. The molecular weight excluding hydrogens is 314 g/mol. The highest BCUT2D eigenvalue weighted by atomic mass is 15.4. The van der Waals surface area contributed by atoms with Gasteiger partial charge in [-0.25, -0.2) is 9.97 Å². The van der Waals surface area contributed by atoms with Gasteiger partial charge in [-0.1, -0.05) is 13.8 Å². The van der Waals surface area contributed by atoms with E-state index in [1.54, 1.807) is 12.4 Å². The average molecular weight is 348 g/mol. The molecule has 0 atom stereocenters. The normalized spacial score (nSPS) is 15.8. The molecule has 0 aromatic carbocycles. The Morgan fingerprint density at radius 2 is 1.84 bits per heavy atom. The van der Waals surface area contributed by atoms with Crippen molar-refractivity contribution in [3.05, 3.63) is 18.5 Å². The summed E-state index contributed by atoms with van der Waals surface area (Å²) in [5.41, 5.74) is 0. The van der Waals surface area contributed by atoms with Crippen LogP contribution in [0.1, 0.15) is 27.2 Å². The molecule has 0 radical (unpaired) electrons. The monoisotopic (exact) mass is 347 g/mol. The van der Waals surface area contributed by atoms with E-state index in [1.165, 1.54) is 6.42 Å². The largest absolute Gasteiger partial charge is 0.357 e. The molecule has 1 N–H and O–H groups in total. The molecule has 0 bridgehead atoms. The maximum Gasteiger partial charge on any atom is 0.225 e. The van der Waals surface area contributed by atoms with Crippen molar-refractivity contribution in [2.24, 2.45) is 4.99 Å². The molecule has 1 aromatic heterocycles. The first-order valence-electron chi connectivity index (χ1n) is 9.56. The van der Waals surface area contributed by atoms with E-state index in [0.717, 1.165) is 70.8 Å². The molecular formula is C18H33N7. The van der Waals surface area contributed by atoms with E-state index in [9.17, 15) is 0 Å². The Balaban J connectivity index is 1.87. The first-order chi connectivity index (χ1) is 12.3. The summed E-state index contributed by atoms with van der Waals surface area (Å²) in [6.45, 7) is 15.3. The van der Waals surface area contributed by atoms with Crippen molar-refractivity contribution in [2.45, 2.75) is 27.2 Å². The van der Waals surface area contributed by atoms with Crippen LogP contribution >= 0.6 is 0 Å². The van der Waals surface area contributed by atoms with Crippen LogP contribution in [0, 0.1) is 0 Å². The van der Waals surface area contributed by atoms with Gasteiger partial charge in [0.1, 0.15) is 0 Å². The zero-order valence-electron chi connectivity index (χ0n) is 16.0. The smallest absolute Gasteiger partial charge is 0.225 e. The molecule has 0 spiro atoms. The van der Waals surface area contributed by atoms with Gasteiger partial charge in [-0.3, -0.25) is 4.99 Å². The lowest BCUT2D eigenvalue weighted by Crippen LogP contribution is -2.53. The van der Waals surface area contributed by atoms with Gasteiger partial charge in [0, 0.05) is 51.7 Å². The summed E-state index contributed by atoms with van der Waals surface area (Å²) < 4.78 is 0. The predicted octanol–water partition coefficient (Wildman–Crippen LogP) is 1.30. The number of aromatic nitrogens is 2. The zero-order chi connectivity index (χ0) is 17.9. The van der Waals surface area contributed by atoms with E-state index in [4.69, 9.17) is 4.99 Å². The van der Waals surface area contributed by atoms with E-state index in [2.05, 4.69) is 50.8 Å². The lowest BCUT2D eigenvalue weighted by atomic mass is 10.3. The summed E-state index contributed by atoms with van der Waals surface area (Å²) >= 11 is 0. The van der Waals surface area contributed by atoms with Gasteiger partial charge in [-0.15, -0.1) is 0 Å². The van der Waals surface area contributed by atoms with Crippen LogP contribution in [-0.2, 0) is 0 Å². The second-order valence-corrected chi connectivity index (χ2v) is 6.19. The number of likely N-dealkylation sites (N-methyl/N-ethyl adjacent to an activating group) is 1. The van der Waals surface area contributed by atoms with Crippen molar-refractivity contribution >= 4 is 11.9 Å². The Bertz CT molecular complexity index is 497. The third-order valence-corrected chi connectivity index (χ3v) is 4.41. The number of hydrogen-bond donors (Lipinski definition) is 1. The minimum Gasteiger partial charge on any atom is -0.357 e. The highest BCUT2D eigenvalue weighted by Gasteiger charge is 2.20. The van der Waals surface area contributed by atoms with Crippen molar-refractivity contribution in [3.63, 3.8) is 0 Å². The summed E-state index contributed by atoms with van der Waals surface area (Å²) in [5, 5.41) is 3.44. The van der Waals surface area contributed by atoms with Crippen LogP contribution in [0.5, 0.6) is 0 Å². The van der Waals surface area contributed by atoms with E-state index < -0.39 is 0 Å². The van der Waals surface area contributed by atoms with Gasteiger partial charge < -0.3 is 20.0 Å².